The normalized spacial score (nSPS) is 14.7. The Kier molecular flexibility index (Phi) is 4.46. The first-order chi connectivity index (χ1) is 12.6. The molecule has 3 aromatic rings. The molecule has 1 aromatic carbocycles. The van der Waals surface area contributed by atoms with Crippen molar-refractivity contribution in [3.05, 3.63) is 47.5 Å². The van der Waals surface area contributed by atoms with Crippen LogP contribution in [0.4, 0.5) is 11.5 Å². The highest BCUT2D eigenvalue weighted by Gasteiger charge is 2.24. The third-order valence-corrected chi connectivity index (χ3v) is 5.77. The quantitative estimate of drug-likeness (QED) is 0.712. The van der Waals surface area contributed by atoms with Crippen LogP contribution in [0.3, 0.4) is 0 Å². The molecule has 4 rings (SSSR count). The molecule has 1 amide bonds. The predicted octanol–water partition coefficient (Wildman–Crippen LogP) is 2.72. The van der Waals surface area contributed by atoms with Crippen molar-refractivity contribution in [3.8, 4) is 0 Å². The summed E-state index contributed by atoms with van der Waals surface area (Å²) in [6.45, 7) is 2.95. The minimum atomic E-state index is 0.120. The highest BCUT2D eigenvalue weighted by Crippen LogP contribution is 2.33. The van der Waals surface area contributed by atoms with Crippen molar-refractivity contribution >= 4 is 38.8 Å². The molecule has 0 aliphatic carbocycles. The number of fused-ring (bicyclic) bond motifs is 1. The van der Waals surface area contributed by atoms with Crippen LogP contribution in [0.25, 0.3) is 10.1 Å². The third kappa shape index (κ3) is 3.10. The maximum absolute atomic E-state index is 13.0. The number of nitrogens with zero attached hydrogens (tertiary/aromatic N) is 5. The summed E-state index contributed by atoms with van der Waals surface area (Å²) >= 11 is 1.57. The van der Waals surface area contributed by atoms with E-state index in [1.165, 1.54) is 0 Å². The molecule has 0 spiro atoms. The van der Waals surface area contributed by atoms with Crippen molar-refractivity contribution in [1.82, 2.24) is 15.1 Å². The number of benzene rings is 1. The van der Waals surface area contributed by atoms with Gasteiger partial charge in [-0.3, -0.25) is 4.79 Å². The molecule has 6 nitrogen and oxygen atoms in total. The molecule has 2 aromatic heterocycles. The van der Waals surface area contributed by atoms with Gasteiger partial charge in [-0.05, 0) is 30.3 Å². The number of amides is 1. The van der Waals surface area contributed by atoms with E-state index in [9.17, 15) is 4.79 Å². The van der Waals surface area contributed by atoms with Gasteiger partial charge in [-0.1, -0.05) is 6.07 Å². The van der Waals surface area contributed by atoms with Gasteiger partial charge in [-0.15, -0.1) is 16.4 Å². The summed E-state index contributed by atoms with van der Waals surface area (Å²) in [6, 6.07) is 12.1. The Morgan fingerprint density at radius 1 is 1.12 bits per heavy atom. The Balaban J connectivity index is 1.50. The highest BCUT2D eigenvalue weighted by atomic mass is 32.1. The van der Waals surface area contributed by atoms with E-state index in [2.05, 4.69) is 32.1 Å². The number of rotatable bonds is 3. The average molecular weight is 367 g/mol. The van der Waals surface area contributed by atoms with Crippen LogP contribution >= 0.6 is 11.3 Å². The molecule has 0 saturated carbocycles. The molecular weight excluding hydrogens is 346 g/mol. The SMILES string of the molecule is CN(C)c1cccc2sc(C(=O)N3CCN(c4cccnn4)CC3)cc12. The van der Waals surface area contributed by atoms with Crippen LogP contribution in [0.1, 0.15) is 9.67 Å². The topological polar surface area (TPSA) is 52.6 Å². The van der Waals surface area contributed by atoms with E-state index in [4.69, 9.17) is 0 Å². The van der Waals surface area contributed by atoms with E-state index in [1.807, 2.05) is 43.3 Å². The van der Waals surface area contributed by atoms with E-state index in [0.29, 0.717) is 13.1 Å². The van der Waals surface area contributed by atoms with Gasteiger partial charge in [0.15, 0.2) is 5.82 Å². The van der Waals surface area contributed by atoms with Crippen LogP contribution in [0.2, 0.25) is 0 Å². The monoisotopic (exact) mass is 367 g/mol. The molecule has 7 heteroatoms. The summed E-state index contributed by atoms with van der Waals surface area (Å²) in [6.07, 6.45) is 1.67. The number of carbonyl (C=O) groups excluding carboxylic acids is 1. The van der Waals surface area contributed by atoms with Gasteiger partial charge < -0.3 is 14.7 Å². The Hall–Kier alpha value is -2.67. The number of aromatic nitrogens is 2. The van der Waals surface area contributed by atoms with Crippen molar-refractivity contribution < 1.29 is 4.79 Å². The lowest BCUT2D eigenvalue weighted by atomic mass is 10.2. The lowest BCUT2D eigenvalue weighted by Crippen LogP contribution is -2.48. The van der Waals surface area contributed by atoms with Crippen molar-refractivity contribution in [2.45, 2.75) is 0 Å². The zero-order valence-electron chi connectivity index (χ0n) is 14.9. The fourth-order valence-corrected chi connectivity index (χ4v) is 4.35. The minimum Gasteiger partial charge on any atom is -0.377 e. The number of hydrogen-bond donors (Lipinski definition) is 0. The number of thiophene rings is 1. The summed E-state index contributed by atoms with van der Waals surface area (Å²) in [7, 11) is 4.05. The van der Waals surface area contributed by atoms with Crippen LogP contribution < -0.4 is 9.80 Å². The zero-order chi connectivity index (χ0) is 18.1. The van der Waals surface area contributed by atoms with Gasteiger partial charge in [0.25, 0.3) is 5.91 Å². The van der Waals surface area contributed by atoms with Crippen molar-refractivity contribution in [2.24, 2.45) is 0 Å². The second-order valence-corrected chi connectivity index (χ2v) is 7.64. The highest BCUT2D eigenvalue weighted by molar-refractivity contribution is 7.20. The molecule has 1 saturated heterocycles. The van der Waals surface area contributed by atoms with Gasteiger partial charge in [0, 0.05) is 62.2 Å². The fraction of sp³-hybridized carbons (Fsp3) is 0.316. The molecule has 26 heavy (non-hydrogen) atoms. The summed E-state index contributed by atoms with van der Waals surface area (Å²) < 4.78 is 1.15. The summed E-state index contributed by atoms with van der Waals surface area (Å²) in [4.78, 5) is 20.0. The Morgan fingerprint density at radius 2 is 1.92 bits per heavy atom. The third-order valence-electron chi connectivity index (χ3n) is 4.68. The van der Waals surface area contributed by atoms with Gasteiger partial charge in [-0.2, -0.15) is 5.10 Å². The average Bonchev–Trinajstić information content (AvgIpc) is 3.12. The van der Waals surface area contributed by atoms with E-state index in [0.717, 1.165) is 39.6 Å². The molecule has 134 valence electrons. The van der Waals surface area contributed by atoms with Crippen LogP contribution in [0.15, 0.2) is 42.6 Å². The van der Waals surface area contributed by atoms with E-state index in [-0.39, 0.29) is 5.91 Å². The molecule has 3 heterocycles. The summed E-state index contributed by atoms with van der Waals surface area (Å²) in [5.74, 6) is 0.992. The predicted molar refractivity (Wildman–Crippen MR) is 106 cm³/mol. The van der Waals surface area contributed by atoms with Gasteiger partial charge in [0.2, 0.25) is 0 Å². The molecule has 1 aliphatic rings. The van der Waals surface area contributed by atoms with E-state index < -0.39 is 0 Å². The molecule has 0 bridgehead atoms. The van der Waals surface area contributed by atoms with Gasteiger partial charge in [0.1, 0.15) is 0 Å². The van der Waals surface area contributed by atoms with Gasteiger partial charge in [0.05, 0.1) is 4.88 Å². The zero-order valence-corrected chi connectivity index (χ0v) is 15.7. The van der Waals surface area contributed by atoms with Crippen LogP contribution in [-0.4, -0.2) is 61.3 Å². The van der Waals surface area contributed by atoms with E-state index in [1.54, 1.807) is 17.5 Å². The summed E-state index contributed by atoms with van der Waals surface area (Å²) in [5.41, 5.74) is 1.14. The molecular formula is C19H21N5OS. The van der Waals surface area contributed by atoms with Crippen LogP contribution in [-0.2, 0) is 0 Å². The number of piperazine rings is 1. The largest absolute Gasteiger partial charge is 0.377 e. The lowest BCUT2D eigenvalue weighted by molar-refractivity contribution is 0.0751. The second kappa shape index (κ2) is 6.92. The second-order valence-electron chi connectivity index (χ2n) is 6.56. The maximum Gasteiger partial charge on any atom is 0.264 e. The number of hydrogen-bond acceptors (Lipinski definition) is 6. The Morgan fingerprint density at radius 3 is 2.62 bits per heavy atom. The fourth-order valence-electron chi connectivity index (χ4n) is 3.30. The van der Waals surface area contributed by atoms with E-state index >= 15 is 0 Å². The van der Waals surface area contributed by atoms with Crippen molar-refractivity contribution in [3.63, 3.8) is 0 Å². The first-order valence-corrected chi connectivity index (χ1v) is 9.47. The summed E-state index contributed by atoms with van der Waals surface area (Å²) in [5, 5.41) is 9.23. The Labute approximate surface area is 156 Å². The minimum absolute atomic E-state index is 0.120. The number of anilines is 2. The standard InChI is InChI=1S/C19H21N5OS/c1-22(2)15-5-3-6-16-14(15)13-17(26-16)19(25)24-11-9-23(10-12-24)18-7-4-8-20-21-18/h3-8,13H,9-12H2,1-2H3. The molecule has 0 atom stereocenters. The van der Waals surface area contributed by atoms with Gasteiger partial charge >= 0.3 is 0 Å². The Bertz CT molecular complexity index is 916. The molecule has 0 unspecified atom stereocenters. The van der Waals surface area contributed by atoms with Crippen molar-refractivity contribution in [2.75, 3.05) is 50.1 Å². The smallest absolute Gasteiger partial charge is 0.264 e. The van der Waals surface area contributed by atoms with Crippen LogP contribution in [0.5, 0.6) is 0 Å². The molecule has 1 fully saturated rings. The van der Waals surface area contributed by atoms with Crippen molar-refractivity contribution in [1.29, 1.82) is 0 Å². The number of carbonyl (C=O) groups is 1. The lowest BCUT2D eigenvalue weighted by Gasteiger charge is -2.34. The first-order valence-electron chi connectivity index (χ1n) is 8.65. The van der Waals surface area contributed by atoms with Gasteiger partial charge in [-0.25, -0.2) is 0 Å². The molecule has 0 N–H and O–H groups in total. The molecule has 1 aliphatic heterocycles. The maximum atomic E-state index is 13.0. The first kappa shape index (κ1) is 16.8. The molecule has 0 radical (unpaired) electrons. The van der Waals surface area contributed by atoms with Crippen LogP contribution in [0, 0.1) is 0 Å².